The molecule has 1 unspecified atom stereocenters. The Bertz CT molecular complexity index is 103. The maximum Gasteiger partial charge on any atom is 0.243 e. The molecule has 0 radical (unpaired) electrons. The van der Waals surface area contributed by atoms with Crippen LogP contribution in [-0.4, -0.2) is 18.6 Å². The minimum absolute atomic E-state index is 0.0894. The van der Waals surface area contributed by atoms with Crippen LogP contribution in [0.4, 0.5) is 0 Å². The topological polar surface area (TPSA) is 29.1 Å². The van der Waals surface area contributed by atoms with Gasteiger partial charge in [0.05, 0.1) is 0 Å². The summed E-state index contributed by atoms with van der Waals surface area (Å²) in [6.45, 7) is 4.07. The summed E-state index contributed by atoms with van der Waals surface area (Å²) in [6.07, 6.45) is 3.31. The van der Waals surface area contributed by atoms with Gasteiger partial charge in [0.15, 0.2) is 0 Å². The first kappa shape index (κ1) is 8.64. The highest BCUT2D eigenvalue weighted by molar-refractivity contribution is 7.16. The number of carbonyl (C=O) groups excluding carboxylic acids is 1. The van der Waals surface area contributed by atoms with Gasteiger partial charge >= 0.3 is 0 Å². The number of hydrogen-bond acceptors (Lipinski definition) is 1. The van der Waals surface area contributed by atoms with E-state index in [4.69, 9.17) is 0 Å². The molecule has 9 heavy (non-hydrogen) atoms. The summed E-state index contributed by atoms with van der Waals surface area (Å²) in [6, 6.07) is 0. The number of rotatable bonds is 4. The van der Waals surface area contributed by atoms with Gasteiger partial charge in [0.25, 0.3) is 0 Å². The average molecular weight is 145 g/mol. The molecule has 2 nitrogen and oxygen atoms in total. The van der Waals surface area contributed by atoms with Crippen molar-refractivity contribution < 1.29 is 4.79 Å². The molecule has 3 heteroatoms. The fraction of sp³-hybridized carbons (Fsp3) is 0.500. The quantitative estimate of drug-likeness (QED) is 0.349. The molecule has 1 atom stereocenters. The Morgan fingerprint density at radius 2 is 2.44 bits per heavy atom. The summed E-state index contributed by atoms with van der Waals surface area (Å²) < 4.78 is 0. The minimum atomic E-state index is -0.0894. The van der Waals surface area contributed by atoms with E-state index < -0.39 is 0 Å². The first-order valence-electron chi connectivity index (χ1n) is 2.91. The van der Waals surface area contributed by atoms with Crippen LogP contribution in [0.1, 0.15) is 6.42 Å². The summed E-state index contributed by atoms with van der Waals surface area (Å²) in [4.78, 5) is 10.5. The third-order valence-electron chi connectivity index (χ3n) is 0.866. The maximum atomic E-state index is 10.5. The number of nitrogens with one attached hydrogen (secondary N) is 1. The van der Waals surface area contributed by atoms with Crippen LogP contribution in [0.5, 0.6) is 0 Å². The van der Waals surface area contributed by atoms with Crippen LogP contribution in [0.3, 0.4) is 0 Å². The van der Waals surface area contributed by atoms with Crippen molar-refractivity contribution in [1.82, 2.24) is 5.32 Å². The predicted octanol–water partition coefficient (Wildman–Crippen LogP) is 0.554. The molecule has 1 N–H and O–H groups in total. The van der Waals surface area contributed by atoms with E-state index in [-0.39, 0.29) is 5.91 Å². The van der Waals surface area contributed by atoms with Gasteiger partial charge in [-0.3, -0.25) is 4.79 Å². The second-order valence-corrected chi connectivity index (χ2v) is 2.21. The molecular weight excluding hydrogens is 133 g/mol. The summed E-state index contributed by atoms with van der Waals surface area (Å²) in [7, 11) is 2.60. The lowest BCUT2D eigenvalue weighted by Gasteiger charge is -1.97. The molecule has 0 aliphatic heterocycles. The van der Waals surface area contributed by atoms with Crippen molar-refractivity contribution in [3.8, 4) is 0 Å². The van der Waals surface area contributed by atoms with Gasteiger partial charge in [-0.05, 0) is 18.7 Å². The van der Waals surface area contributed by atoms with Crippen LogP contribution in [0.25, 0.3) is 0 Å². The van der Waals surface area contributed by atoms with Gasteiger partial charge in [0.1, 0.15) is 0 Å². The average Bonchev–Trinajstić information content (AvgIpc) is 1.89. The summed E-state index contributed by atoms with van der Waals surface area (Å²) in [5, 5.41) is 2.66. The molecule has 0 heterocycles. The Balaban J connectivity index is 3.07. The van der Waals surface area contributed by atoms with E-state index in [2.05, 4.69) is 21.1 Å². The summed E-state index contributed by atoms with van der Waals surface area (Å²) in [5.74, 6) is -0.0894. The molecule has 0 aliphatic carbocycles. The zero-order valence-corrected chi connectivity index (χ0v) is 6.55. The molecular formula is C6H12NOP. The molecule has 0 aromatic rings. The molecule has 0 saturated carbocycles. The second kappa shape index (κ2) is 5.77. The van der Waals surface area contributed by atoms with E-state index in [9.17, 15) is 4.79 Å². The van der Waals surface area contributed by atoms with Crippen molar-refractivity contribution in [2.75, 3.05) is 12.7 Å². The van der Waals surface area contributed by atoms with Gasteiger partial charge in [-0.2, -0.15) is 0 Å². The molecule has 0 saturated heterocycles. The largest absolute Gasteiger partial charge is 0.353 e. The molecule has 0 aromatic carbocycles. The van der Waals surface area contributed by atoms with Crippen LogP contribution in [0.15, 0.2) is 12.7 Å². The van der Waals surface area contributed by atoms with Crippen molar-refractivity contribution in [3.63, 3.8) is 0 Å². The molecule has 1 amide bonds. The van der Waals surface area contributed by atoms with Gasteiger partial charge in [0, 0.05) is 6.54 Å². The first-order valence-corrected chi connectivity index (χ1v) is 3.73. The first-order chi connectivity index (χ1) is 4.31. The van der Waals surface area contributed by atoms with Crippen molar-refractivity contribution in [1.29, 1.82) is 0 Å². The molecule has 0 fully saturated rings. The second-order valence-electron chi connectivity index (χ2n) is 1.64. The third-order valence-corrected chi connectivity index (χ3v) is 1.27. The van der Waals surface area contributed by atoms with Gasteiger partial charge in [-0.25, -0.2) is 0 Å². The van der Waals surface area contributed by atoms with Crippen LogP contribution >= 0.6 is 9.24 Å². The SMILES string of the molecule is C=CC(=O)NCCCP. The standard InChI is InChI=1S/C6H12NOP/c1-2-6(8)7-4-3-5-9/h2H,1,3-5,9H2,(H,7,8). The smallest absolute Gasteiger partial charge is 0.243 e. The fourth-order valence-corrected chi connectivity index (χ4v) is 0.590. The molecule has 0 aliphatic rings. The monoisotopic (exact) mass is 145 g/mol. The van der Waals surface area contributed by atoms with E-state index in [1.54, 1.807) is 0 Å². The van der Waals surface area contributed by atoms with Crippen LogP contribution in [0.2, 0.25) is 0 Å². The highest BCUT2D eigenvalue weighted by Gasteiger charge is 1.88. The summed E-state index contributed by atoms with van der Waals surface area (Å²) >= 11 is 0. The van der Waals surface area contributed by atoms with Crippen molar-refractivity contribution in [2.45, 2.75) is 6.42 Å². The van der Waals surface area contributed by atoms with E-state index in [1.165, 1.54) is 6.08 Å². The summed E-state index contributed by atoms with van der Waals surface area (Å²) in [5.41, 5.74) is 0. The Morgan fingerprint density at radius 3 is 2.89 bits per heavy atom. The Labute approximate surface area is 57.9 Å². The number of hydrogen-bond donors (Lipinski definition) is 1. The molecule has 0 rings (SSSR count). The van der Waals surface area contributed by atoms with E-state index in [0.29, 0.717) is 0 Å². The van der Waals surface area contributed by atoms with E-state index in [0.717, 1.165) is 19.1 Å². The molecule has 0 aromatic heterocycles. The van der Waals surface area contributed by atoms with Crippen molar-refractivity contribution in [3.05, 3.63) is 12.7 Å². The normalized spacial score (nSPS) is 8.56. The van der Waals surface area contributed by atoms with Gasteiger partial charge in [0.2, 0.25) is 5.91 Å². The van der Waals surface area contributed by atoms with Crippen molar-refractivity contribution >= 4 is 15.1 Å². The Kier molecular flexibility index (Phi) is 5.54. The van der Waals surface area contributed by atoms with Gasteiger partial charge < -0.3 is 5.32 Å². The molecule has 0 spiro atoms. The van der Waals surface area contributed by atoms with E-state index in [1.807, 2.05) is 0 Å². The minimum Gasteiger partial charge on any atom is -0.353 e. The number of amides is 1. The maximum absolute atomic E-state index is 10.5. The van der Waals surface area contributed by atoms with Crippen LogP contribution < -0.4 is 5.32 Å². The van der Waals surface area contributed by atoms with Crippen molar-refractivity contribution in [2.24, 2.45) is 0 Å². The lowest BCUT2D eigenvalue weighted by molar-refractivity contribution is -0.116. The lowest BCUT2D eigenvalue weighted by atomic mass is 10.4. The number of carbonyl (C=O) groups is 1. The molecule has 0 bridgehead atoms. The van der Waals surface area contributed by atoms with E-state index >= 15 is 0 Å². The zero-order chi connectivity index (χ0) is 7.11. The Hall–Kier alpha value is -0.360. The van der Waals surface area contributed by atoms with Crippen LogP contribution in [-0.2, 0) is 4.79 Å². The van der Waals surface area contributed by atoms with Crippen LogP contribution in [0, 0.1) is 0 Å². The van der Waals surface area contributed by atoms with Gasteiger partial charge in [-0.15, -0.1) is 9.24 Å². The Morgan fingerprint density at radius 1 is 1.78 bits per heavy atom. The fourth-order valence-electron chi connectivity index (χ4n) is 0.386. The lowest BCUT2D eigenvalue weighted by Crippen LogP contribution is -2.21. The third kappa shape index (κ3) is 5.51. The van der Waals surface area contributed by atoms with Gasteiger partial charge in [-0.1, -0.05) is 6.58 Å². The highest BCUT2D eigenvalue weighted by Crippen LogP contribution is 1.84. The molecule has 52 valence electrons. The zero-order valence-electron chi connectivity index (χ0n) is 5.39. The predicted molar refractivity (Wildman–Crippen MR) is 42.4 cm³/mol. The highest BCUT2D eigenvalue weighted by atomic mass is 31.0.